The molecule has 6 nitrogen and oxygen atoms in total. The monoisotopic (exact) mass is 552 g/mol. The van der Waals surface area contributed by atoms with Crippen LogP contribution >= 0.6 is 0 Å². The van der Waals surface area contributed by atoms with Crippen LogP contribution in [0.2, 0.25) is 0 Å². The third-order valence-electron chi connectivity index (χ3n) is 6.39. The van der Waals surface area contributed by atoms with Crippen LogP contribution in [0, 0.1) is 0 Å². The minimum Gasteiger partial charge on any atom is -1.00 e. The molecule has 0 spiro atoms. The number of rotatable bonds is 8. The predicted octanol–water partition coefficient (Wildman–Crippen LogP) is 0.194. The van der Waals surface area contributed by atoms with Gasteiger partial charge in [-0.25, -0.2) is 0 Å². The van der Waals surface area contributed by atoms with Gasteiger partial charge in [-0.05, 0) is 24.3 Å². The van der Waals surface area contributed by atoms with Gasteiger partial charge in [-0.15, -0.1) is 0 Å². The Hall–Kier alpha value is -2.00. The van der Waals surface area contributed by atoms with E-state index in [-0.39, 0.29) is 29.9 Å². The molecule has 0 aliphatic carbocycles. The number of amides is 1. The standard InChI is InChI=1S/C25H37N4O2.HI/c1-26(2)25(30)21-11-6-7-12-22(21)27(3)15-10-18-29(4)19-16-28(17-20-29)23-13-8-9-14-24(23)31-5;/h6-9,11-14H,10,15-20H2,1-5H3;1H/q+1;/p-1. The van der Waals surface area contributed by atoms with Gasteiger partial charge in [0.1, 0.15) is 5.75 Å². The van der Waals surface area contributed by atoms with Gasteiger partial charge in [0.25, 0.3) is 5.91 Å². The van der Waals surface area contributed by atoms with E-state index in [4.69, 9.17) is 4.74 Å². The van der Waals surface area contributed by atoms with Crippen molar-refractivity contribution in [2.24, 2.45) is 0 Å². The SMILES string of the molecule is COc1ccccc1N1CC[N+](C)(CCCN(C)c2ccccc2C(=O)N(C)C)CC1.[I-]. The normalized spacial score (nSPS) is 15.0. The average molecular weight is 553 g/mol. The van der Waals surface area contributed by atoms with Gasteiger partial charge in [0.2, 0.25) is 0 Å². The van der Waals surface area contributed by atoms with Crippen molar-refractivity contribution in [3.05, 3.63) is 54.1 Å². The van der Waals surface area contributed by atoms with Crippen molar-refractivity contribution < 1.29 is 38.0 Å². The molecular weight excluding hydrogens is 515 g/mol. The second-order valence-electron chi connectivity index (χ2n) is 8.94. The highest BCUT2D eigenvalue weighted by molar-refractivity contribution is 5.99. The van der Waals surface area contributed by atoms with Crippen molar-refractivity contribution in [3.63, 3.8) is 0 Å². The zero-order valence-electron chi connectivity index (χ0n) is 20.1. The highest BCUT2D eigenvalue weighted by Crippen LogP contribution is 2.29. The number of quaternary nitrogens is 1. The maximum atomic E-state index is 12.5. The molecule has 0 radical (unpaired) electrons. The van der Waals surface area contributed by atoms with Gasteiger partial charge in [-0.2, -0.15) is 0 Å². The predicted molar refractivity (Wildman–Crippen MR) is 128 cm³/mol. The summed E-state index contributed by atoms with van der Waals surface area (Å²) in [7, 11) is 9.79. The number of methoxy groups -OCH3 is 1. The van der Waals surface area contributed by atoms with E-state index in [1.54, 1.807) is 26.1 Å². The molecule has 1 aliphatic heterocycles. The molecule has 0 bridgehead atoms. The molecule has 0 N–H and O–H groups in total. The molecule has 1 aliphatic rings. The zero-order valence-corrected chi connectivity index (χ0v) is 22.2. The molecule has 3 rings (SSSR count). The van der Waals surface area contributed by atoms with Crippen LogP contribution in [0.5, 0.6) is 5.75 Å². The summed E-state index contributed by atoms with van der Waals surface area (Å²) < 4.78 is 6.63. The fourth-order valence-corrected chi connectivity index (χ4v) is 4.34. The van der Waals surface area contributed by atoms with Crippen molar-refractivity contribution in [3.8, 4) is 5.75 Å². The van der Waals surface area contributed by atoms with Crippen LogP contribution in [0.15, 0.2) is 48.5 Å². The number of halogens is 1. The summed E-state index contributed by atoms with van der Waals surface area (Å²) in [5, 5.41) is 0. The number of likely N-dealkylation sites (N-methyl/N-ethyl adjacent to an activating group) is 1. The summed E-state index contributed by atoms with van der Waals surface area (Å²) in [5.74, 6) is 1.00. The summed E-state index contributed by atoms with van der Waals surface area (Å²) in [5.41, 5.74) is 2.96. The largest absolute Gasteiger partial charge is 1.00 e. The fourth-order valence-electron chi connectivity index (χ4n) is 4.34. The molecular formula is C25H37IN4O2. The Morgan fingerprint density at radius 1 is 1.03 bits per heavy atom. The quantitative estimate of drug-likeness (QED) is 0.347. The van der Waals surface area contributed by atoms with Crippen LogP contribution in [0.4, 0.5) is 11.4 Å². The topological polar surface area (TPSA) is 36.0 Å². The van der Waals surface area contributed by atoms with Crippen LogP contribution in [0.1, 0.15) is 16.8 Å². The van der Waals surface area contributed by atoms with Crippen molar-refractivity contribution in [2.75, 3.05) is 84.4 Å². The maximum absolute atomic E-state index is 12.5. The molecule has 2 aromatic carbocycles. The number of para-hydroxylation sites is 3. The number of nitrogens with zero attached hydrogens (tertiary/aromatic N) is 4. The molecule has 176 valence electrons. The smallest absolute Gasteiger partial charge is 0.255 e. The summed E-state index contributed by atoms with van der Waals surface area (Å²) in [6.45, 7) is 6.38. The third-order valence-corrected chi connectivity index (χ3v) is 6.39. The first-order chi connectivity index (χ1) is 14.8. The molecule has 7 heteroatoms. The summed E-state index contributed by atoms with van der Waals surface area (Å²) >= 11 is 0. The lowest BCUT2D eigenvalue weighted by atomic mass is 10.1. The summed E-state index contributed by atoms with van der Waals surface area (Å²) in [4.78, 5) is 18.8. The first-order valence-electron chi connectivity index (χ1n) is 11.1. The number of hydrogen-bond donors (Lipinski definition) is 0. The Bertz CT molecular complexity index is 882. The fraction of sp³-hybridized carbons (Fsp3) is 0.480. The second kappa shape index (κ2) is 11.7. The highest BCUT2D eigenvalue weighted by atomic mass is 127. The van der Waals surface area contributed by atoms with E-state index in [9.17, 15) is 4.79 Å². The minimum atomic E-state index is 0. The van der Waals surface area contributed by atoms with E-state index in [0.29, 0.717) is 0 Å². The van der Waals surface area contributed by atoms with Gasteiger partial charge in [-0.3, -0.25) is 4.79 Å². The lowest BCUT2D eigenvalue weighted by molar-refractivity contribution is -0.910. The highest BCUT2D eigenvalue weighted by Gasteiger charge is 2.29. The molecule has 0 saturated carbocycles. The Balaban J connectivity index is 0.00000363. The molecule has 32 heavy (non-hydrogen) atoms. The molecule has 1 amide bonds. The molecule has 2 aromatic rings. The van der Waals surface area contributed by atoms with Crippen LogP contribution in [-0.4, -0.2) is 89.9 Å². The summed E-state index contributed by atoms with van der Waals surface area (Å²) in [6.07, 6.45) is 1.09. The number of piperazine rings is 1. The van der Waals surface area contributed by atoms with Gasteiger partial charge in [-0.1, -0.05) is 24.3 Å². The van der Waals surface area contributed by atoms with Crippen molar-refractivity contribution >= 4 is 17.3 Å². The number of ether oxygens (including phenoxy) is 1. The molecule has 0 atom stereocenters. The first-order valence-corrected chi connectivity index (χ1v) is 11.1. The van der Waals surface area contributed by atoms with Crippen LogP contribution in [0.25, 0.3) is 0 Å². The van der Waals surface area contributed by atoms with Crippen LogP contribution in [-0.2, 0) is 0 Å². The Morgan fingerprint density at radius 3 is 2.31 bits per heavy atom. The summed E-state index contributed by atoms with van der Waals surface area (Å²) in [6, 6.07) is 16.2. The van der Waals surface area contributed by atoms with E-state index in [2.05, 4.69) is 36.0 Å². The second-order valence-corrected chi connectivity index (χ2v) is 8.94. The van der Waals surface area contributed by atoms with E-state index < -0.39 is 0 Å². The molecule has 0 unspecified atom stereocenters. The van der Waals surface area contributed by atoms with E-state index in [0.717, 1.165) is 67.2 Å². The van der Waals surface area contributed by atoms with Crippen molar-refractivity contribution in [1.82, 2.24) is 4.90 Å². The van der Waals surface area contributed by atoms with Crippen molar-refractivity contribution in [2.45, 2.75) is 6.42 Å². The van der Waals surface area contributed by atoms with E-state index >= 15 is 0 Å². The van der Waals surface area contributed by atoms with Gasteiger partial charge in [0.05, 0.1) is 58.1 Å². The minimum absolute atomic E-state index is 0. The average Bonchev–Trinajstić information content (AvgIpc) is 2.79. The number of anilines is 2. The van der Waals surface area contributed by atoms with Crippen LogP contribution in [0.3, 0.4) is 0 Å². The number of hydrogen-bond acceptors (Lipinski definition) is 4. The number of carbonyl (C=O) groups is 1. The van der Waals surface area contributed by atoms with E-state index in [1.807, 2.05) is 36.4 Å². The molecule has 1 saturated heterocycles. The maximum Gasteiger partial charge on any atom is 0.255 e. The molecule has 1 fully saturated rings. The Labute approximate surface area is 210 Å². The number of carbonyl (C=O) groups excluding carboxylic acids is 1. The third kappa shape index (κ3) is 6.28. The van der Waals surface area contributed by atoms with Gasteiger partial charge >= 0.3 is 0 Å². The number of benzene rings is 2. The van der Waals surface area contributed by atoms with Gasteiger partial charge in [0.15, 0.2) is 0 Å². The Morgan fingerprint density at radius 2 is 1.66 bits per heavy atom. The van der Waals surface area contributed by atoms with Gasteiger partial charge < -0.3 is 47.9 Å². The molecule has 0 aromatic heterocycles. The van der Waals surface area contributed by atoms with E-state index in [1.165, 1.54) is 5.69 Å². The first kappa shape index (κ1) is 26.3. The lowest BCUT2D eigenvalue weighted by Gasteiger charge is -2.43. The Kier molecular flexibility index (Phi) is 9.64. The van der Waals surface area contributed by atoms with Crippen LogP contribution < -0.4 is 38.5 Å². The van der Waals surface area contributed by atoms with Gasteiger partial charge in [0, 0.05) is 39.8 Å². The lowest BCUT2D eigenvalue weighted by Crippen LogP contribution is -3.00. The molecule has 1 heterocycles. The zero-order chi connectivity index (χ0) is 22.4. The van der Waals surface area contributed by atoms with Crippen molar-refractivity contribution in [1.29, 1.82) is 0 Å².